The van der Waals surface area contributed by atoms with Crippen LogP contribution in [0.3, 0.4) is 0 Å². The maximum absolute atomic E-state index is 13.5. The summed E-state index contributed by atoms with van der Waals surface area (Å²) in [5.41, 5.74) is 0.816. The topological polar surface area (TPSA) is 63.2 Å². The van der Waals surface area contributed by atoms with Crippen molar-refractivity contribution in [1.82, 2.24) is 15.6 Å². The maximum Gasteiger partial charge on any atom is 0.433 e. The van der Waals surface area contributed by atoms with Crippen LogP contribution < -0.4 is 15.4 Å². The number of methoxy groups -OCH3 is 1. The van der Waals surface area contributed by atoms with Gasteiger partial charge in [0.05, 0.1) is 7.11 Å². The first-order chi connectivity index (χ1) is 16.6. The Morgan fingerprint density at radius 1 is 1.11 bits per heavy atom. The number of likely N-dealkylation sites (N-methyl/N-ethyl adjacent to an activating group) is 1. The molecule has 1 amide bonds. The highest BCUT2D eigenvalue weighted by Crippen LogP contribution is 2.33. The Morgan fingerprint density at radius 2 is 1.83 bits per heavy atom. The minimum atomic E-state index is -4.52. The lowest BCUT2D eigenvalue weighted by Crippen LogP contribution is -2.38. The van der Waals surface area contributed by atoms with E-state index in [4.69, 9.17) is 16.3 Å². The number of pyridine rings is 1. The van der Waals surface area contributed by atoms with Gasteiger partial charge in [-0.05, 0) is 60.4 Å². The summed E-state index contributed by atoms with van der Waals surface area (Å²) < 4.78 is 57.5. The van der Waals surface area contributed by atoms with Crippen molar-refractivity contribution in [3.05, 3.63) is 94.0 Å². The fourth-order valence-corrected chi connectivity index (χ4v) is 3.86. The molecule has 10 heteroatoms. The number of carbonyl (C=O) groups excluding carboxylic acids is 1. The number of rotatable bonds is 9. The molecule has 3 aromatic rings. The largest absolute Gasteiger partial charge is 0.496 e. The summed E-state index contributed by atoms with van der Waals surface area (Å²) in [4.78, 5) is 16.3. The van der Waals surface area contributed by atoms with Crippen molar-refractivity contribution < 1.29 is 27.1 Å². The van der Waals surface area contributed by atoms with Crippen molar-refractivity contribution in [2.24, 2.45) is 0 Å². The number of benzene rings is 2. The predicted molar refractivity (Wildman–Crippen MR) is 125 cm³/mol. The van der Waals surface area contributed by atoms with Crippen LogP contribution in [0.15, 0.2) is 60.8 Å². The first-order valence-electron chi connectivity index (χ1n) is 10.7. The van der Waals surface area contributed by atoms with Crippen LogP contribution in [0.1, 0.15) is 40.9 Å². The van der Waals surface area contributed by atoms with Crippen LogP contribution in [0.4, 0.5) is 17.6 Å². The van der Waals surface area contributed by atoms with Gasteiger partial charge in [0.1, 0.15) is 23.3 Å². The number of alkyl halides is 3. The van der Waals surface area contributed by atoms with Crippen LogP contribution >= 0.6 is 11.6 Å². The number of ether oxygens (including phenoxy) is 1. The molecule has 5 nitrogen and oxygen atoms in total. The lowest BCUT2D eigenvalue weighted by Gasteiger charge is -2.27. The van der Waals surface area contributed by atoms with Gasteiger partial charge in [0.2, 0.25) is 5.91 Å². The molecule has 0 saturated carbocycles. The number of nitrogens with zero attached hydrogens (tertiary/aromatic N) is 1. The van der Waals surface area contributed by atoms with Crippen molar-refractivity contribution >= 4 is 17.5 Å². The summed E-state index contributed by atoms with van der Waals surface area (Å²) in [5.74, 6) is -0.265. The molecule has 0 spiro atoms. The smallest absolute Gasteiger partial charge is 0.433 e. The Balaban J connectivity index is 1.94. The van der Waals surface area contributed by atoms with Gasteiger partial charge < -0.3 is 10.1 Å². The van der Waals surface area contributed by atoms with E-state index in [-0.39, 0.29) is 5.91 Å². The average Bonchev–Trinajstić information content (AvgIpc) is 2.84. The van der Waals surface area contributed by atoms with Crippen molar-refractivity contribution in [2.45, 2.75) is 31.1 Å². The third-order valence-corrected chi connectivity index (χ3v) is 5.72. The second kappa shape index (κ2) is 11.5. The highest BCUT2D eigenvalue weighted by Gasteiger charge is 2.32. The lowest BCUT2D eigenvalue weighted by molar-refractivity contribution is -0.141. The Kier molecular flexibility index (Phi) is 8.69. The Labute approximate surface area is 205 Å². The number of halogens is 5. The molecule has 0 fully saturated rings. The molecule has 0 aliphatic carbocycles. The third kappa shape index (κ3) is 6.93. The average molecular weight is 510 g/mol. The van der Waals surface area contributed by atoms with Gasteiger partial charge in [-0.25, -0.2) is 4.39 Å². The molecular weight excluding hydrogens is 486 g/mol. The molecule has 0 aliphatic heterocycles. The normalized spacial score (nSPS) is 13.2. The summed E-state index contributed by atoms with van der Waals surface area (Å²) >= 11 is 6.24. The minimum Gasteiger partial charge on any atom is -0.496 e. The predicted octanol–water partition coefficient (Wildman–Crippen LogP) is 5.65. The van der Waals surface area contributed by atoms with Gasteiger partial charge in [-0.1, -0.05) is 29.8 Å². The van der Waals surface area contributed by atoms with E-state index in [1.165, 1.54) is 50.7 Å². The zero-order valence-corrected chi connectivity index (χ0v) is 19.8. The molecule has 1 aromatic heterocycles. The molecule has 0 radical (unpaired) electrons. The van der Waals surface area contributed by atoms with E-state index in [1.807, 2.05) is 0 Å². The van der Waals surface area contributed by atoms with Crippen LogP contribution in [0.2, 0.25) is 5.02 Å². The summed E-state index contributed by atoms with van der Waals surface area (Å²) in [6, 6.07) is 11.6. The fraction of sp³-hybridized carbons (Fsp3) is 0.280. The minimum absolute atomic E-state index is 0.348. The first kappa shape index (κ1) is 26.4. The number of amides is 1. The van der Waals surface area contributed by atoms with E-state index < -0.39 is 29.8 Å². The molecule has 0 aliphatic rings. The number of aryl methyl sites for hydroxylation is 1. The van der Waals surface area contributed by atoms with Gasteiger partial charge in [0, 0.05) is 29.9 Å². The summed E-state index contributed by atoms with van der Waals surface area (Å²) in [6.07, 6.45) is -2.61. The molecular formula is C25H24ClF4N3O2. The van der Waals surface area contributed by atoms with Gasteiger partial charge in [-0.15, -0.1) is 0 Å². The van der Waals surface area contributed by atoms with E-state index in [2.05, 4.69) is 15.6 Å². The van der Waals surface area contributed by atoms with Crippen molar-refractivity contribution in [2.75, 3.05) is 14.2 Å². The summed E-state index contributed by atoms with van der Waals surface area (Å²) in [7, 11) is 2.99. The van der Waals surface area contributed by atoms with Crippen LogP contribution in [-0.4, -0.2) is 25.0 Å². The summed E-state index contributed by atoms with van der Waals surface area (Å²) in [6.45, 7) is 0. The second-order valence-corrected chi connectivity index (χ2v) is 8.23. The van der Waals surface area contributed by atoms with Crippen molar-refractivity contribution in [1.29, 1.82) is 0 Å². The van der Waals surface area contributed by atoms with E-state index in [0.717, 1.165) is 6.07 Å². The van der Waals surface area contributed by atoms with Gasteiger partial charge in [0.25, 0.3) is 0 Å². The number of nitrogens with one attached hydrogen (secondary N) is 2. The van der Waals surface area contributed by atoms with E-state index in [0.29, 0.717) is 40.3 Å². The highest BCUT2D eigenvalue weighted by molar-refractivity contribution is 6.30. The Morgan fingerprint density at radius 3 is 2.40 bits per heavy atom. The molecule has 2 atom stereocenters. The van der Waals surface area contributed by atoms with Crippen LogP contribution in [-0.2, 0) is 17.4 Å². The molecule has 2 aromatic carbocycles. The molecule has 2 N–H and O–H groups in total. The van der Waals surface area contributed by atoms with Crippen molar-refractivity contribution in [3.8, 4) is 5.75 Å². The monoisotopic (exact) mass is 509 g/mol. The van der Waals surface area contributed by atoms with Crippen molar-refractivity contribution in [3.63, 3.8) is 0 Å². The fourth-order valence-electron chi connectivity index (χ4n) is 3.68. The molecule has 35 heavy (non-hydrogen) atoms. The van der Waals surface area contributed by atoms with Gasteiger partial charge in [-0.2, -0.15) is 13.2 Å². The zero-order valence-electron chi connectivity index (χ0n) is 19.0. The number of hydrogen-bond donors (Lipinski definition) is 2. The SMILES string of the molecule is CNC(=O)C(N[C@@H](CCc1ccc(C(F)(F)F)nc1)c1cc(Cl)ccc1OC)c1ccc(F)cc1. The van der Waals surface area contributed by atoms with Gasteiger partial charge >= 0.3 is 6.18 Å². The molecule has 0 bridgehead atoms. The molecule has 3 rings (SSSR count). The van der Waals surface area contributed by atoms with Crippen LogP contribution in [0, 0.1) is 5.82 Å². The van der Waals surface area contributed by atoms with E-state index in [9.17, 15) is 22.4 Å². The zero-order chi connectivity index (χ0) is 25.6. The summed E-state index contributed by atoms with van der Waals surface area (Å²) in [5, 5.41) is 6.34. The number of hydrogen-bond acceptors (Lipinski definition) is 4. The number of carbonyl (C=O) groups is 1. The van der Waals surface area contributed by atoms with Crippen LogP contribution in [0.5, 0.6) is 5.75 Å². The molecule has 1 unspecified atom stereocenters. The quantitative estimate of drug-likeness (QED) is 0.366. The standard InChI is InChI=1S/C25H24ClF4N3O2/c1-31-24(34)23(16-5-8-18(27)9-6-16)33-20(19-13-17(26)7-11-21(19)35-2)10-3-15-4-12-22(32-14-15)25(28,29)30/h4-9,11-14,20,23,33H,3,10H2,1-2H3,(H,31,34)/t20-,23?/m0/s1. The van der Waals surface area contributed by atoms with E-state index in [1.54, 1.807) is 18.2 Å². The lowest BCUT2D eigenvalue weighted by atomic mass is 9.96. The highest BCUT2D eigenvalue weighted by atomic mass is 35.5. The Bertz CT molecular complexity index is 1140. The number of aromatic nitrogens is 1. The molecule has 0 saturated heterocycles. The second-order valence-electron chi connectivity index (χ2n) is 7.79. The molecule has 1 heterocycles. The Hall–Kier alpha value is -3.17. The van der Waals surface area contributed by atoms with Gasteiger partial charge in [0.15, 0.2) is 0 Å². The first-order valence-corrected chi connectivity index (χ1v) is 11.1. The van der Waals surface area contributed by atoms with E-state index >= 15 is 0 Å². The van der Waals surface area contributed by atoms with Crippen LogP contribution in [0.25, 0.3) is 0 Å². The molecule has 186 valence electrons. The van der Waals surface area contributed by atoms with Gasteiger partial charge in [-0.3, -0.25) is 15.1 Å². The third-order valence-electron chi connectivity index (χ3n) is 5.48. The maximum atomic E-state index is 13.5.